The Balaban J connectivity index is 1.66. The van der Waals surface area contributed by atoms with Crippen molar-refractivity contribution in [1.82, 2.24) is 25.5 Å². The lowest BCUT2D eigenvalue weighted by atomic mass is 10.1. The van der Waals surface area contributed by atoms with Crippen molar-refractivity contribution in [3.8, 4) is 5.69 Å². The quantitative estimate of drug-likeness (QED) is 0.665. The Hall–Kier alpha value is -2.67. The Morgan fingerprint density at radius 3 is 2.67 bits per heavy atom. The molecule has 0 saturated heterocycles. The number of benzene rings is 2. The average molecular weight is 379 g/mol. The van der Waals surface area contributed by atoms with Gasteiger partial charge in [0, 0.05) is 6.04 Å². The fourth-order valence-electron chi connectivity index (χ4n) is 2.96. The standard InChI is InChI=1S/C20H21N5OS/c1-13-8-11-17(14(2)12-13)25-20(22-23-24-25)27-18(15-6-4-3-5-7-15)19(26)21-16-9-10-16/h3-8,11-12,16,18H,9-10H2,1-2H3,(H,21,26)/t18-/m1/s1. The van der Waals surface area contributed by atoms with Crippen LogP contribution in [0.15, 0.2) is 53.7 Å². The van der Waals surface area contributed by atoms with E-state index in [9.17, 15) is 4.79 Å². The second-order valence-electron chi connectivity index (χ2n) is 6.85. The van der Waals surface area contributed by atoms with Gasteiger partial charge >= 0.3 is 0 Å². The molecule has 1 heterocycles. The van der Waals surface area contributed by atoms with Gasteiger partial charge in [0.05, 0.1) is 5.69 Å². The van der Waals surface area contributed by atoms with E-state index in [0.29, 0.717) is 11.2 Å². The predicted molar refractivity (Wildman–Crippen MR) is 105 cm³/mol. The van der Waals surface area contributed by atoms with Crippen LogP contribution in [-0.4, -0.2) is 32.2 Å². The largest absolute Gasteiger partial charge is 0.352 e. The van der Waals surface area contributed by atoms with Crippen LogP contribution in [0, 0.1) is 13.8 Å². The van der Waals surface area contributed by atoms with Crippen molar-refractivity contribution >= 4 is 17.7 Å². The number of nitrogens with one attached hydrogen (secondary N) is 1. The third-order valence-corrected chi connectivity index (χ3v) is 5.70. The summed E-state index contributed by atoms with van der Waals surface area (Å²) in [6.45, 7) is 4.09. The van der Waals surface area contributed by atoms with E-state index in [0.717, 1.165) is 29.7 Å². The molecular formula is C20H21N5OS. The maximum absolute atomic E-state index is 12.9. The zero-order valence-corrected chi connectivity index (χ0v) is 16.1. The van der Waals surface area contributed by atoms with Crippen molar-refractivity contribution in [1.29, 1.82) is 0 Å². The Kier molecular flexibility index (Phi) is 4.94. The number of amides is 1. The highest BCUT2D eigenvalue weighted by Gasteiger charge is 2.30. The van der Waals surface area contributed by atoms with Crippen LogP contribution in [0.4, 0.5) is 0 Å². The second-order valence-corrected chi connectivity index (χ2v) is 7.93. The Morgan fingerprint density at radius 1 is 1.19 bits per heavy atom. The van der Waals surface area contributed by atoms with Gasteiger partial charge in [-0.2, -0.15) is 4.68 Å². The Labute approximate surface area is 162 Å². The van der Waals surface area contributed by atoms with E-state index in [-0.39, 0.29) is 5.91 Å². The van der Waals surface area contributed by atoms with Gasteiger partial charge in [-0.05, 0) is 54.3 Å². The molecule has 1 aliphatic carbocycles. The molecule has 1 aliphatic rings. The Morgan fingerprint density at radius 2 is 1.96 bits per heavy atom. The van der Waals surface area contributed by atoms with Crippen molar-refractivity contribution in [2.24, 2.45) is 0 Å². The van der Waals surface area contributed by atoms with Crippen molar-refractivity contribution < 1.29 is 4.79 Å². The summed E-state index contributed by atoms with van der Waals surface area (Å²) in [5, 5.41) is 15.5. The molecule has 3 aromatic rings. The van der Waals surface area contributed by atoms with Crippen LogP contribution >= 0.6 is 11.8 Å². The highest BCUT2D eigenvalue weighted by atomic mass is 32.2. The number of hydrogen-bond acceptors (Lipinski definition) is 5. The summed E-state index contributed by atoms with van der Waals surface area (Å²) < 4.78 is 1.71. The maximum atomic E-state index is 12.9. The minimum absolute atomic E-state index is 0.00359. The van der Waals surface area contributed by atoms with Crippen LogP contribution in [-0.2, 0) is 4.79 Å². The van der Waals surface area contributed by atoms with E-state index in [2.05, 4.69) is 33.8 Å². The maximum Gasteiger partial charge on any atom is 0.238 e. The van der Waals surface area contributed by atoms with Crippen molar-refractivity contribution in [2.45, 2.75) is 43.1 Å². The molecule has 0 bridgehead atoms. The molecule has 4 rings (SSSR count). The van der Waals surface area contributed by atoms with Crippen LogP contribution in [0.3, 0.4) is 0 Å². The van der Waals surface area contributed by atoms with Crippen molar-refractivity contribution in [3.05, 3.63) is 65.2 Å². The lowest BCUT2D eigenvalue weighted by Gasteiger charge is -2.16. The third kappa shape index (κ3) is 4.03. The number of aromatic nitrogens is 4. The zero-order chi connectivity index (χ0) is 18.8. The zero-order valence-electron chi connectivity index (χ0n) is 15.3. The number of tetrazole rings is 1. The molecule has 1 N–H and O–H groups in total. The molecule has 2 aromatic carbocycles. The molecule has 1 fully saturated rings. The van der Waals surface area contributed by atoms with Crippen LogP contribution in [0.1, 0.15) is 34.8 Å². The molecule has 1 atom stereocenters. The van der Waals surface area contributed by atoms with Crippen molar-refractivity contribution in [3.63, 3.8) is 0 Å². The summed E-state index contributed by atoms with van der Waals surface area (Å²) >= 11 is 1.38. The fourth-order valence-corrected chi connectivity index (χ4v) is 3.95. The van der Waals surface area contributed by atoms with Crippen LogP contribution in [0.5, 0.6) is 0 Å². The molecule has 27 heavy (non-hydrogen) atoms. The molecule has 0 aliphatic heterocycles. The lowest BCUT2D eigenvalue weighted by Crippen LogP contribution is -2.30. The number of nitrogens with zero attached hydrogens (tertiary/aromatic N) is 4. The average Bonchev–Trinajstić information content (AvgIpc) is 3.36. The van der Waals surface area contributed by atoms with E-state index < -0.39 is 5.25 Å². The molecule has 0 unspecified atom stereocenters. The van der Waals surface area contributed by atoms with Gasteiger partial charge < -0.3 is 5.32 Å². The summed E-state index contributed by atoms with van der Waals surface area (Å²) in [4.78, 5) is 12.9. The third-order valence-electron chi connectivity index (χ3n) is 4.51. The smallest absolute Gasteiger partial charge is 0.238 e. The first-order chi connectivity index (χ1) is 13.1. The number of thioether (sulfide) groups is 1. The predicted octanol–water partition coefficient (Wildman–Crippen LogP) is 3.39. The lowest BCUT2D eigenvalue weighted by molar-refractivity contribution is -0.120. The van der Waals surface area contributed by atoms with Crippen molar-refractivity contribution in [2.75, 3.05) is 0 Å². The fraction of sp³-hybridized carbons (Fsp3) is 0.300. The van der Waals surface area contributed by atoms with Gasteiger partial charge in [0.2, 0.25) is 11.1 Å². The molecule has 1 amide bonds. The van der Waals surface area contributed by atoms with E-state index in [1.807, 2.05) is 49.4 Å². The van der Waals surface area contributed by atoms with Gasteiger partial charge in [0.25, 0.3) is 0 Å². The molecule has 7 heteroatoms. The van der Waals surface area contributed by atoms with E-state index in [1.165, 1.54) is 17.3 Å². The number of rotatable bonds is 6. The first-order valence-electron chi connectivity index (χ1n) is 9.00. The Bertz CT molecular complexity index is 952. The van der Waals surface area contributed by atoms with Crippen LogP contribution < -0.4 is 5.32 Å². The summed E-state index contributed by atoms with van der Waals surface area (Å²) in [6, 6.07) is 16.2. The SMILES string of the molecule is Cc1ccc(-n2nnnc2S[C@@H](C(=O)NC2CC2)c2ccccc2)c(C)c1. The van der Waals surface area contributed by atoms with Gasteiger partial charge in [-0.1, -0.05) is 59.8 Å². The van der Waals surface area contributed by atoms with E-state index in [4.69, 9.17) is 0 Å². The van der Waals surface area contributed by atoms with Gasteiger partial charge in [-0.3, -0.25) is 4.79 Å². The topological polar surface area (TPSA) is 72.7 Å². The van der Waals surface area contributed by atoms with Gasteiger partial charge in [-0.25, -0.2) is 0 Å². The number of hydrogen-bond donors (Lipinski definition) is 1. The van der Waals surface area contributed by atoms with Gasteiger partial charge in [-0.15, -0.1) is 5.10 Å². The minimum atomic E-state index is -0.401. The molecule has 6 nitrogen and oxygen atoms in total. The molecule has 1 saturated carbocycles. The van der Waals surface area contributed by atoms with E-state index >= 15 is 0 Å². The highest BCUT2D eigenvalue weighted by molar-refractivity contribution is 8.00. The monoisotopic (exact) mass is 379 g/mol. The molecular weight excluding hydrogens is 358 g/mol. The van der Waals surface area contributed by atoms with Crippen LogP contribution in [0.2, 0.25) is 0 Å². The molecule has 1 aromatic heterocycles. The number of carbonyl (C=O) groups excluding carboxylic acids is 1. The normalized spacial score (nSPS) is 14.7. The number of carbonyl (C=O) groups is 1. The van der Waals surface area contributed by atoms with E-state index in [1.54, 1.807) is 4.68 Å². The first kappa shape index (κ1) is 17.7. The van der Waals surface area contributed by atoms with Crippen LogP contribution in [0.25, 0.3) is 5.69 Å². The molecule has 0 spiro atoms. The summed E-state index contributed by atoms with van der Waals surface area (Å²) in [5.74, 6) is 0.00359. The second kappa shape index (κ2) is 7.52. The summed E-state index contributed by atoms with van der Waals surface area (Å²) in [7, 11) is 0. The van der Waals surface area contributed by atoms with Gasteiger partial charge in [0.15, 0.2) is 0 Å². The summed E-state index contributed by atoms with van der Waals surface area (Å²) in [6.07, 6.45) is 2.11. The molecule has 138 valence electrons. The summed E-state index contributed by atoms with van der Waals surface area (Å²) in [5.41, 5.74) is 4.13. The number of aryl methyl sites for hydroxylation is 2. The first-order valence-corrected chi connectivity index (χ1v) is 9.88. The minimum Gasteiger partial charge on any atom is -0.352 e. The highest BCUT2D eigenvalue weighted by Crippen LogP contribution is 2.36. The molecule has 0 radical (unpaired) electrons. The van der Waals surface area contributed by atoms with Gasteiger partial charge in [0.1, 0.15) is 5.25 Å².